The third kappa shape index (κ3) is 2.87. The van der Waals surface area contributed by atoms with Crippen molar-refractivity contribution in [1.82, 2.24) is 4.98 Å². The Labute approximate surface area is 141 Å². The van der Waals surface area contributed by atoms with Crippen LogP contribution in [0, 0.1) is 0 Å². The number of carbonyl (C=O) groups is 1. The number of morpholine rings is 1. The molecular weight excluding hydrogens is 302 g/mol. The van der Waals surface area contributed by atoms with Gasteiger partial charge >= 0.3 is 0 Å². The van der Waals surface area contributed by atoms with E-state index in [1.54, 1.807) is 6.20 Å². The number of carbonyl (C=O) groups excluding carboxylic acids is 1. The summed E-state index contributed by atoms with van der Waals surface area (Å²) in [5, 5.41) is 0. The highest BCUT2D eigenvalue weighted by Crippen LogP contribution is 2.28. The molecule has 2 aromatic rings. The first-order valence-electron chi connectivity index (χ1n) is 8.51. The molecule has 1 fully saturated rings. The summed E-state index contributed by atoms with van der Waals surface area (Å²) in [6.07, 6.45) is 3.75. The highest BCUT2D eigenvalue weighted by Gasteiger charge is 2.24. The zero-order valence-electron chi connectivity index (χ0n) is 13.6. The fraction of sp³-hybridized carbons (Fsp3) is 0.368. The van der Waals surface area contributed by atoms with Gasteiger partial charge in [0.15, 0.2) is 0 Å². The molecule has 1 aromatic heterocycles. The van der Waals surface area contributed by atoms with Gasteiger partial charge < -0.3 is 14.5 Å². The molecule has 0 spiro atoms. The quantitative estimate of drug-likeness (QED) is 0.852. The van der Waals surface area contributed by atoms with E-state index >= 15 is 0 Å². The van der Waals surface area contributed by atoms with Crippen molar-refractivity contribution in [2.24, 2.45) is 0 Å². The van der Waals surface area contributed by atoms with Crippen molar-refractivity contribution in [1.29, 1.82) is 0 Å². The summed E-state index contributed by atoms with van der Waals surface area (Å²) in [5.74, 6) is -0.0164. The van der Waals surface area contributed by atoms with Crippen molar-refractivity contribution in [2.45, 2.75) is 12.8 Å². The molecule has 0 N–H and O–H groups in total. The predicted octanol–water partition coefficient (Wildman–Crippen LogP) is 2.51. The summed E-state index contributed by atoms with van der Waals surface area (Å²) in [7, 11) is 0. The van der Waals surface area contributed by atoms with Gasteiger partial charge in [-0.2, -0.15) is 0 Å². The number of amides is 1. The minimum Gasteiger partial charge on any atom is -0.378 e. The van der Waals surface area contributed by atoms with Crippen molar-refractivity contribution < 1.29 is 9.53 Å². The van der Waals surface area contributed by atoms with Crippen LogP contribution in [0.2, 0.25) is 0 Å². The number of pyridine rings is 1. The molecule has 0 bridgehead atoms. The molecule has 2 aliphatic heterocycles. The van der Waals surface area contributed by atoms with E-state index in [1.807, 2.05) is 35.2 Å². The third-order valence-electron chi connectivity index (χ3n) is 4.69. The van der Waals surface area contributed by atoms with Gasteiger partial charge in [0, 0.05) is 37.2 Å². The van der Waals surface area contributed by atoms with Crippen molar-refractivity contribution >= 4 is 17.3 Å². The normalized spacial score (nSPS) is 17.5. The van der Waals surface area contributed by atoms with E-state index in [4.69, 9.17) is 4.74 Å². The molecule has 1 amide bonds. The lowest BCUT2D eigenvalue weighted by atomic mass is 10.0. The van der Waals surface area contributed by atoms with Crippen LogP contribution in [0.25, 0.3) is 0 Å². The van der Waals surface area contributed by atoms with Crippen LogP contribution in [0.5, 0.6) is 0 Å². The van der Waals surface area contributed by atoms with Crippen molar-refractivity contribution in [3.63, 3.8) is 0 Å². The van der Waals surface area contributed by atoms with Gasteiger partial charge in [0.25, 0.3) is 5.91 Å². The van der Waals surface area contributed by atoms with Gasteiger partial charge in [0.2, 0.25) is 0 Å². The van der Waals surface area contributed by atoms with Gasteiger partial charge in [-0.15, -0.1) is 0 Å². The monoisotopic (exact) mass is 323 g/mol. The summed E-state index contributed by atoms with van der Waals surface area (Å²) >= 11 is 0. The van der Waals surface area contributed by atoms with Crippen LogP contribution in [-0.4, -0.2) is 43.7 Å². The average molecular weight is 323 g/mol. The summed E-state index contributed by atoms with van der Waals surface area (Å²) in [6, 6.07) is 12.0. The summed E-state index contributed by atoms with van der Waals surface area (Å²) in [4.78, 5) is 21.5. The minimum absolute atomic E-state index is 0.0164. The highest BCUT2D eigenvalue weighted by molar-refractivity contribution is 6.05. The van der Waals surface area contributed by atoms with E-state index in [-0.39, 0.29) is 5.91 Å². The standard InChI is InChI=1S/C19H21N3O2/c23-19(22-9-3-5-15-4-1-2-6-18(15)22)17-14-16(7-8-20-17)21-10-12-24-13-11-21/h1-2,4,6-8,14H,3,5,9-13H2. The first-order valence-corrected chi connectivity index (χ1v) is 8.51. The number of aryl methyl sites for hydroxylation is 1. The van der Waals surface area contributed by atoms with Gasteiger partial charge in [-0.25, -0.2) is 0 Å². The van der Waals surface area contributed by atoms with Gasteiger partial charge in [0.1, 0.15) is 5.69 Å². The van der Waals surface area contributed by atoms with Crippen LogP contribution in [0.1, 0.15) is 22.5 Å². The Kier molecular flexibility index (Phi) is 4.17. The molecule has 1 aromatic carbocycles. The number of rotatable bonds is 2. The van der Waals surface area contributed by atoms with Crippen molar-refractivity contribution in [2.75, 3.05) is 42.6 Å². The topological polar surface area (TPSA) is 45.7 Å². The Hall–Kier alpha value is -2.40. The first-order chi connectivity index (χ1) is 11.8. The van der Waals surface area contributed by atoms with Crippen molar-refractivity contribution in [3.8, 4) is 0 Å². The lowest BCUT2D eigenvalue weighted by molar-refractivity contribution is 0.0980. The van der Waals surface area contributed by atoms with Gasteiger partial charge in [-0.05, 0) is 36.6 Å². The third-order valence-corrected chi connectivity index (χ3v) is 4.69. The van der Waals surface area contributed by atoms with Crippen LogP contribution in [0.3, 0.4) is 0 Å². The Morgan fingerprint density at radius 2 is 1.92 bits per heavy atom. The Bertz CT molecular complexity index is 741. The fourth-order valence-electron chi connectivity index (χ4n) is 3.44. The van der Waals surface area contributed by atoms with Gasteiger partial charge in [-0.1, -0.05) is 18.2 Å². The number of benzene rings is 1. The van der Waals surface area contributed by atoms with Crippen molar-refractivity contribution in [3.05, 3.63) is 53.9 Å². The Balaban J connectivity index is 1.61. The number of hydrogen-bond acceptors (Lipinski definition) is 4. The first kappa shape index (κ1) is 15.1. The largest absolute Gasteiger partial charge is 0.378 e. The predicted molar refractivity (Wildman–Crippen MR) is 93.7 cm³/mol. The number of ether oxygens (including phenoxy) is 1. The molecule has 0 radical (unpaired) electrons. The highest BCUT2D eigenvalue weighted by atomic mass is 16.5. The molecule has 4 rings (SSSR count). The van der Waals surface area contributed by atoms with Crippen LogP contribution in [-0.2, 0) is 11.2 Å². The molecule has 0 saturated carbocycles. The molecule has 0 atom stereocenters. The molecule has 24 heavy (non-hydrogen) atoms. The van der Waals surface area contributed by atoms with Crippen LogP contribution < -0.4 is 9.80 Å². The van der Waals surface area contributed by atoms with Crippen LogP contribution in [0.15, 0.2) is 42.6 Å². The van der Waals surface area contributed by atoms with E-state index in [2.05, 4.69) is 16.0 Å². The maximum Gasteiger partial charge on any atom is 0.276 e. The molecule has 0 aliphatic carbocycles. The number of anilines is 2. The van der Waals surface area contributed by atoms with E-state index in [9.17, 15) is 4.79 Å². The smallest absolute Gasteiger partial charge is 0.276 e. The number of nitrogens with zero attached hydrogens (tertiary/aromatic N) is 3. The molecule has 5 heteroatoms. The maximum absolute atomic E-state index is 13.0. The second-order valence-electron chi connectivity index (χ2n) is 6.19. The molecule has 124 valence electrons. The summed E-state index contributed by atoms with van der Waals surface area (Å²) in [6.45, 7) is 3.91. The Morgan fingerprint density at radius 3 is 2.79 bits per heavy atom. The summed E-state index contributed by atoms with van der Waals surface area (Å²) in [5.41, 5.74) is 3.81. The molecule has 1 saturated heterocycles. The minimum atomic E-state index is -0.0164. The molecular formula is C19H21N3O2. The van der Waals surface area contributed by atoms with Crippen LogP contribution >= 0.6 is 0 Å². The number of hydrogen-bond donors (Lipinski definition) is 0. The summed E-state index contributed by atoms with van der Waals surface area (Å²) < 4.78 is 5.40. The van der Waals surface area contributed by atoms with E-state index in [0.29, 0.717) is 5.69 Å². The number of para-hydroxylation sites is 1. The average Bonchev–Trinajstić information content (AvgIpc) is 2.68. The molecule has 3 heterocycles. The zero-order chi connectivity index (χ0) is 16.4. The van der Waals surface area contributed by atoms with E-state index in [0.717, 1.165) is 57.1 Å². The Morgan fingerprint density at radius 1 is 1.08 bits per heavy atom. The fourth-order valence-corrected chi connectivity index (χ4v) is 3.44. The molecule has 2 aliphatic rings. The van der Waals surface area contributed by atoms with Gasteiger partial charge in [-0.3, -0.25) is 9.78 Å². The van der Waals surface area contributed by atoms with E-state index in [1.165, 1.54) is 5.56 Å². The number of aromatic nitrogens is 1. The maximum atomic E-state index is 13.0. The van der Waals surface area contributed by atoms with Gasteiger partial charge in [0.05, 0.1) is 13.2 Å². The zero-order valence-corrected chi connectivity index (χ0v) is 13.6. The second-order valence-corrected chi connectivity index (χ2v) is 6.19. The number of fused-ring (bicyclic) bond motifs is 1. The second kappa shape index (κ2) is 6.61. The SMILES string of the molecule is O=C(c1cc(N2CCOCC2)ccn1)N1CCCc2ccccc21. The lowest BCUT2D eigenvalue weighted by Gasteiger charge is -2.30. The van der Waals surface area contributed by atoms with E-state index < -0.39 is 0 Å². The molecule has 0 unspecified atom stereocenters. The lowest BCUT2D eigenvalue weighted by Crippen LogP contribution is -2.37. The molecule has 5 nitrogen and oxygen atoms in total. The van der Waals surface area contributed by atoms with Crippen LogP contribution in [0.4, 0.5) is 11.4 Å².